The molecule has 16 heavy (non-hydrogen) atoms. The van der Waals surface area contributed by atoms with Crippen LogP contribution in [0.1, 0.15) is 40.0 Å². The van der Waals surface area contributed by atoms with Gasteiger partial charge in [0.05, 0.1) is 10.9 Å². The molecule has 0 aromatic heterocycles. The van der Waals surface area contributed by atoms with Gasteiger partial charge in [0.15, 0.2) is 0 Å². The van der Waals surface area contributed by atoms with Crippen molar-refractivity contribution < 1.29 is 4.79 Å². The van der Waals surface area contributed by atoms with E-state index in [-0.39, 0.29) is 17.7 Å². The van der Waals surface area contributed by atoms with Gasteiger partial charge in [-0.1, -0.05) is 39.4 Å². The SMILES string of the molecule is CC(C)C(C(=O)NC1CCCC1C)C(N)=S. The Labute approximate surface area is 103 Å². The van der Waals surface area contributed by atoms with Crippen LogP contribution in [0.25, 0.3) is 0 Å². The molecule has 0 aromatic rings. The van der Waals surface area contributed by atoms with E-state index in [0.717, 1.165) is 6.42 Å². The summed E-state index contributed by atoms with van der Waals surface area (Å²) in [6, 6.07) is 0.308. The summed E-state index contributed by atoms with van der Waals surface area (Å²) in [7, 11) is 0. The standard InChI is InChI=1S/C12H22N2OS/c1-7(2)10(11(13)16)12(15)14-9-6-4-5-8(9)3/h7-10H,4-6H2,1-3H3,(H2,13,16)(H,14,15). The fourth-order valence-corrected chi connectivity index (χ4v) is 2.77. The third-order valence-electron chi connectivity index (χ3n) is 3.44. The summed E-state index contributed by atoms with van der Waals surface area (Å²) in [4.78, 5) is 12.4. The van der Waals surface area contributed by atoms with E-state index in [4.69, 9.17) is 18.0 Å². The lowest BCUT2D eigenvalue weighted by atomic mass is 9.94. The Bertz CT molecular complexity index is 278. The minimum absolute atomic E-state index is 0.00116. The zero-order valence-corrected chi connectivity index (χ0v) is 11.1. The number of rotatable bonds is 4. The highest BCUT2D eigenvalue weighted by molar-refractivity contribution is 7.80. The minimum Gasteiger partial charge on any atom is -0.393 e. The number of thiocarbonyl (C=S) groups is 1. The number of nitrogens with two attached hydrogens (primary N) is 1. The van der Waals surface area contributed by atoms with Crippen LogP contribution in [0.2, 0.25) is 0 Å². The van der Waals surface area contributed by atoms with Crippen LogP contribution in [0.15, 0.2) is 0 Å². The van der Waals surface area contributed by atoms with E-state index in [9.17, 15) is 4.79 Å². The lowest BCUT2D eigenvalue weighted by Gasteiger charge is -2.23. The van der Waals surface area contributed by atoms with E-state index in [0.29, 0.717) is 16.9 Å². The van der Waals surface area contributed by atoms with Crippen molar-refractivity contribution in [3.8, 4) is 0 Å². The predicted octanol–water partition coefficient (Wildman–Crippen LogP) is 1.85. The van der Waals surface area contributed by atoms with Gasteiger partial charge in [-0.05, 0) is 24.7 Å². The average molecular weight is 242 g/mol. The molecule has 0 aromatic carbocycles. The van der Waals surface area contributed by atoms with E-state index in [1.165, 1.54) is 12.8 Å². The molecule has 3 nitrogen and oxygen atoms in total. The highest BCUT2D eigenvalue weighted by atomic mass is 32.1. The molecule has 1 aliphatic carbocycles. The Kier molecular flexibility index (Phi) is 4.71. The number of hydrogen-bond acceptors (Lipinski definition) is 2. The van der Waals surface area contributed by atoms with Gasteiger partial charge in [-0.15, -0.1) is 0 Å². The molecule has 0 bridgehead atoms. The predicted molar refractivity (Wildman–Crippen MR) is 70.1 cm³/mol. The highest BCUT2D eigenvalue weighted by Crippen LogP contribution is 2.25. The van der Waals surface area contributed by atoms with Crippen LogP contribution >= 0.6 is 12.2 Å². The van der Waals surface area contributed by atoms with Crippen molar-refractivity contribution in [2.24, 2.45) is 23.5 Å². The van der Waals surface area contributed by atoms with Crippen molar-refractivity contribution in [3.63, 3.8) is 0 Å². The fraction of sp³-hybridized carbons (Fsp3) is 0.833. The van der Waals surface area contributed by atoms with Crippen LogP contribution in [0.3, 0.4) is 0 Å². The number of carbonyl (C=O) groups excluding carboxylic acids is 1. The number of amides is 1. The maximum Gasteiger partial charge on any atom is 0.230 e. The third kappa shape index (κ3) is 3.17. The molecule has 0 aliphatic heterocycles. The number of carbonyl (C=O) groups is 1. The molecule has 0 spiro atoms. The lowest BCUT2D eigenvalue weighted by molar-refractivity contribution is -0.124. The van der Waals surface area contributed by atoms with Crippen molar-refractivity contribution >= 4 is 23.1 Å². The summed E-state index contributed by atoms with van der Waals surface area (Å²) < 4.78 is 0. The van der Waals surface area contributed by atoms with Crippen LogP contribution in [0.5, 0.6) is 0 Å². The summed E-state index contributed by atoms with van der Waals surface area (Å²) in [5.41, 5.74) is 5.62. The first kappa shape index (κ1) is 13.4. The van der Waals surface area contributed by atoms with Gasteiger partial charge in [0.1, 0.15) is 0 Å². The molecule has 1 fully saturated rings. The average Bonchev–Trinajstić information content (AvgIpc) is 2.50. The zero-order chi connectivity index (χ0) is 12.3. The van der Waals surface area contributed by atoms with E-state index in [1.807, 2.05) is 13.8 Å². The van der Waals surface area contributed by atoms with Gasteiger partial charge >= 0.3 is 0 Å². The number of hydrogen-bond donors (Lipinski definition) is 2. The van der Waals surface area contributed by atoms with E-state index in [2.05, 4.69) is 12.2 Å². The van der Waals surface area contributed by atoms with Crippen LogP contribution in [-0.4, -0.2) is 16.9 Å². The Morgan fingerprint density at radius 1 is 1.44 bits per heavy atom. The summed E-state index contributed by atoms with van der Waals surface area (Å²) in [5, 5.41) is 3.08. The first-order chi connectivity index (χ1) is 7.43. The number of nitrogens with one attached hydrogen (secondary N) is 1. The van der Waals surface area contributed by atoms with Gasteiger partial charge in [0, 0.05) is 6.04 Å². The summed E-state index contributed by atoms with van der Waals surface area (Å²) in [6.45, 7) is 6.13. The molecule has 1 rings (SSSR count). The van der Waals surface area contributed by atoms with Crippen molar-refractivity contribution in [1.82, 2.24) is 5.32 Å². The molecular weight excluding hydrogens is 220 g/mol. The maximum atomic E-state index is 12.0. The lowest BCUT2D eigenvalue weighted by Crippen LogP contribution is -2.45. The van der Waals surface area contributed by atoms with E-state index >= 15 is 0 Å². The van der Waals surface area contributed by atoms with E-state index < -0.39 is 0 Å². The molecule has 1 amide bonds. The van der Waals surface area contributed by atoms with Crippen LogP contribution in [-0.2, 0) is 4.79 Å². The van der Waals surface area contributed by atoms with Gasteiger partial charge in [-0.3, -0.25) is 4.79 Å². The summed E-state index contributed by atoms with van der Waals surface area (Å²) >= 11 is 4.96. The quantitative estimate of drug-likeness (QED) is 0.740. The first-order valence-corrected chi connectivity index (χ1v) is 6.44. The Morgan fingerprint density at radius 2 is 2.06 bits per heavy atom. The Balaban J connectivity index is 2.58. The normalized spacial score (nSPS) is 26.8. The molecule has 1 saturated carbocycles. The zero-order valence-electron chi connectivity index (χ0n) is 10.3. The fourth-order valence-electron chi connectivity index (χ4n) is 2.39. The molecule has 92 valence electrons. The van der Waals surface area contributed by atoms with E-state index in [1.54, 1.807) is 0 Å². The van der Waals surface area contributed by atoms with Crippen LogP contribution in [0, 0.1) is 17.8 Å². The van der Waals surface area contributed by atoms with Gasteiger partial charge in [0.2, 0.25) is 5.91 Å². The summed E-state index contributed by atoms with van der Waals surface area (Å²) in [5.74, 6) is 0.404. The second-order valence-electron chi connectivity index (χ2n) is 5.15. The van der Waals surface area contributed by atoms with Crippen molar-refractivity contribution in [3.05, 3.63) is 0 Å². The molecule has 3 unspecified atom stereocenters. The molecule has 4 heteroatoms. The van der Waals surface area contributed by atoms with Crippen molar-refractivity contribution in [1.29, 1.82) is 0 Å². The van der Waals surface area contributed by atoms with Gasteiger partial charge < -0.3 is 11.1 Å². The Morgan fingerprint density at radius 3 is 2.44 bits per heavy atom. The molecule has 0 heterocycles. The monoisotopic (exact) mass is 242 g/mol. The molecule has 0 saturated heterocycles. The Hall–Kier alpha value is -0.640. The molecular formula is C12H22N2OS. The minimum atomic E-state index is -0.331. The van der Waals surface area contributed by atoms with Gasteiger partial charge in [-0.2, -0.15) is 0 Å². The highest BCUT2D eigenvalue weighted by Gasteiger charge is 2.30. The van der Waals surface area contributed by atoms with Crippen LogP contribution in [0.4, 0.5) is 0 Å². The topological polar surface area (TPSA) is 55.1 Å². The van der Waals surface area contributed by atoms with Crippen LogP contribution < -0.4 is 11.1 Å². The molecule has 3 N–H and O–H groups in total. The molecule has 3 atom stereocenters. The second kappa shape index (κ2) is 5.62. The first-order valence-electron chi connectivity index (χ1n) is 6.03. The van der Waals surface area contributed by atoms with Crippen molar-refractivity contribution in [2.75, 3.05) is 0 Å². The van der Waals surface area contributed by atoms with Gasteiger partial charge in [-0.25, -0.2) is 0 Å². The largest absolute Gasteiger partial charge is 0.393 e. The second-order valence-corrected chi connectivity index (χ2v) is 5.62. The molecule has 0 radical (unpaired) electrons. The van der Waals surface area contributed by atoms with Gasteiger partial charge in [0.25, 0.3) is 0 Å². The molecule has 1 aliphatic rings. The summed E-state index contributed by atoms with van der Waals surface area (Å²) in [6.07, 6.45) is 3.48. The third-order valence-corrected chi connectivity index (χ3v) is 3.70. The van der Waals surface area contributed by atoms with Crippen molar-refractivity contribution in [2.45, 2.75) is 46.1 Å². The smallest absolute Gasteiger partial charge is 0.230 e. The maximum absolute atomic E-state index is 12.0.